The summed E-state index contributed by atoms with van der Waals surface area (Å²) in [6.45, 7) is 4.82. The van der Waals surface area contributed by atoms with Crippen LogP contribution >= 0.6 is 15.9 Å². The molecule has 1 aromatic rings. The molecule has 1 unspecified atom stereocenters. The van der Waals surface area contributed by atoms with Crippen LogP contribution in [-0.2, 0) is 16.1 Å². The molecule has 0 saturated carbocycles. The predicted molar refractivity (Wildman–Crippen MR) is 60.7 cm³/mol. The topological polar surface area (TPSA) is 30.2 Å². The Morgan fingerprint density at radius 1 is 1.62 bits per heavy atom. The fourth-order valence-electron chi connectivity index (χ4n) is 1.26. The number of nitrogens with zero attached hydrogens (tertiary/aromatic N) is 1. The molecule has 16 heavy (non-hydrogen) atoms. The maximum absolute atomic E-state index is 11.3. The van der Waals surface area contributed by atoms with E-state index in [9.17, 15) is 4.79 Å². The molecule has 1 aromatic heterocycles. The zero-order valence-electron chi connectivity index (χ0n) is 9.32. The summed E-state index contributed by atoms with van der Waals surface area (Å²) in [4.78, 5) is 11.1. The van der Waals surface area contributed by atoms with Gasteiger partial charge >= 0.3 is 5.97 Å². The third-order valence-corrected chi connectivity index (χ3v) is 2.58. The van der Waals surface area contributed by atoms with Gasteiger partial charge in [-0.15, -0.1) is 0 Å². The van der Waals surface area contributed by atoms with Crippen molar-refractivity contribution in [3.05, 3.63) is 30.1 Å². The van der Waals surface area contributed by atoms with E-state index in [4.69, 9.17) is 4.74 Å². The maximum atomic E-state index is 11.3. The molecule has 0 aliphatic carbocycles. The first kappa shape index (κ1) is 15.6. The number of esters is 1. The number of hydrogen-bond donors (Lipinski definition) is 0. The van der Waals surface area contributed by atoms with Crippen molar-refractivity contribution in [2.75, 3.05) is 6.61 Å². The Kier molecular flexibility index (Phi) is 7.58. The van der Waals surface area contributed by atoms with Crippen molar-refractivity contribution < 1.29 is 31.1 Å². The van der Waals surface area contributed by atoms with Crippen LogP contribution in [0.3, 0.4) is 0 Å². The lowest BCUT2D eigenvalue weighted by Crippen LogP contribution is -3.00. The molecular formula is C11H15Br2NO2. The molecule has 5 heteroatoms. The van der Waals surface area contributed by atoms with Crippen LogP contribution in [0, 0.1) is 6.92 Å². The second kappa shape index (κ2) is 7.79. The summed E-state index contributed by atoms with van der Waals surface area (Å²) in [5.74, 6) is -0.216. The first-order valence-corrected chi connectivity index (χ1v) is 5.81. The Hall–Kier alpha value is -0.420. The zero-order chi connectivity index (χ0) is 11.3. The second-order valence-electron chi connectivity index (χ2n) is 3.30. The molecule has 90 valence electrons. The van der Waals surface area contributed by atoms with E-state index in [1.54, 1.807) is 6.92 Å². The number of aromatic nitrogens is 1. The number of aryl methyl sites for hydroxylation is 1. The molecule has 0 radical (unpaired) electrons. The summed E-state index contributed by atoms with van der Waals surface area (Å²) in [5.41, 5.74) is 1.17. The van der Waals surface area contributed by atoms with Gasteiger partial charge in [-0.2, -0.15) is 0 Å². The molecule has 0 N–H and O–H groups in total. The van der Waals surface area contributed by atoms with Crippen LogP contribution in [0.15, 0.2) is 24.5 Å². The van der Waals surface area contributed by atoms with E-state index in [2.05, 4.69) is 15.9 Å². The Balaban J connectivity index is 0.00000225. The standard InChI is InChI=1S/C11H15BrNO2.BrH/c1-3-15-11(14)10(12)8-13-6-4-5-9(2)7-13;/h4-7,10H,3,8H2,1-2H3;1H/q+1;/p-1. The van der Waals surface area contributed by atoms with Gasteiger partial charge in [-0.05, 0) is 19.9 Å². The van der Waals surface area contributed by atoms with E-state index in [0.717, 1.165) is 0 Å². The van der Waals surface area contributed by atoms with Gasteiger partial charge in [-0.1, -0.05) is 15.9 Å². The van der Waals surface area contributed by atoms with Crippen molar-refractivity contribution in [3.63, 3.8) is 0 Å². The first-order chi connectivity index (χ1) is 7.13. The third kappa shape index (κ3) is 5.07. The highest BCUT2D eigenvalue weighted by molar-refractivity contribution is 9.10. The Morgan fingerprint density at radius 2 is 2.31 bits per heavy atom. The van der Waals surface area contributed by atoms with E-state index in [1.807, 2.05) is 36.0 Å². The lowest BCUT2D eigenvalue weighted by molar-refractivity contribution is -0.695. The Labute approximate surface area is 115 Å². The minimum absolute atomic E-state index is 0. The number of carbonyl (C=O) groups is 1. The van der Waals surface area contributed by atoms with Gasteiger partial charge in [0.15, 0.2) is 23.8 Å². The smallest absolute Gasteiger partial charge is 0.326 e. The van der Waals surface area contributed by atoms with Gasteiger partial charge in [0.25, 0.3) is 0 Å². The van der Waals surface area contributed by atoms with Gasteiger partial charge in [0.2, 0.25) is 0 Å². The minimum atomic E-state index is -0.288. The van der Waals surface area contributed by atoms with Crippen molar-refractivity contribution in [3.8, 4) is 0 Å². The van der Waals surface area contributed by atoms with Crippen LogP contribution in [0.25, 0.3) is 0 Å². The van der Waals surface area contributed by atoms with Gasteiger partial charge in [-0.3, -0.25) is 4.79 Å². The van der Waals surface area contributed by atoms with Gasteiger partial charge in [0.05, 0.1) is 6.61 Å². The Bertz CT molecular complexity index is 345. The summed E-state index contributed by atoms with van der Waals surface area (Å²) in [5, 5.41) is 0. The summed E-state index contributed by atoms with van der Waals surface area (Å²) >= 11 is 3.31. The van der Waals surface area contributed by atoms with Crippen molar-refractivity contribution in [2.45, 2.75) is 25.2 Å². The number of pyridine rings is 1. The van der Waals surface area contributed by atoms with Crippen LogP contribution in [-0.4, -0.2) is 17.4 Å². The summed E-state index contributed by atoms with van der Waals surface area (Å²) < 4.78 is 6.87. The van der Waals surface area contributed by atoms with Crippen molar-refractivity contribution in [2.24, 2.45) is 0 Å². The van der Waals surface area contributed by atoms with Gasteiger partial charge in [0.1, 0.15) is 0 Å². The van der Waals surface area contributed by atoms with Crippen LogP contribution in [0.4, 0.5) is 0 Å². The summed E-state index contributed by atoms with van der Waals surface area (Å²) in [7, 11) is 0. The van der Waals surface area contributed by atoms with E-state index < -0.39 is 0 Å². The third-order valence-electron chi connectivity index (χ3n) is 1.92. The van der Waals surface area contributed by atoms with E-state index in [1.165, 1.54) is 5.56 Å². The fourth-order valence-corrected chi connectivity index (χ4v) is 1.73. The lowest BCUT2D eigenvalue weighted by Gasteiger charge is -2.05. The molecule has 0 saturated heterocycles. The van der Waals surface area contributed by atoms with Crippen LogP contribution in [0.1, 0.15) is 12.5 Å². The fraction of sp³-hybridized carbons (Fsp3) is 0.455. The van der Waals surface area contributed by atoms with Gasteiger partial charge in [0, 0.05) is 11.6 Å². The molecule has 3 nitrogen and oxygen atoms in total. The summed E-state index contributed by atoms with van der Waals surface area (Å²) in [6.07, 6.45) is 3.92. The largest absolute Gasteiger partial charge is 1.00 e. The molecular weight excluding hydrogens is 338 g/mol. The molecule has 0 aliphatic rings. The van der Waals surface area contributed by atoms with Crippen molar-refractivity contribution >= 4 is 21.9 Å². The van der Waals surface area contributed by atoms with Crippen molar-refractivity contribution in [1.82, 2.24) is 0 Å². The highest BCUT2D eigenvalue weighted by Crippen LogP contribution is 2.02. The van der Waals surface area contributed by atoms with Crippen LogP contribution in [0.5, 0.6) is 0 Å². The van der Waals surface area contributed by atoms with E-state index in [-0.39, 0.29) is 27.8 Å². The quantitative estimate of drug-likeness (QED) is 0.379. The van der Waals surface area contributed by atoms with Crippen LogP contribution < -0.4 is 21.5 Å². The number of halogens is 2. The Morgan fingerprint density at radius 3 is 2.88 bits per heavy atom. The molecule has 0 spiro atoms. The van der Waals surface area contributed by atoms with Gasteiger partial charge in [-0.25, -0.2) is 4.57 Å². The average molecular weight is 353 g/mol. The van der Waals surface area contributed by atoms with E-state index >= 15 is 0 Å². The molecule has 1 heterocycles. The predicted octanol–water partition coefficient (Wildman–Crippen LogP) is -1.39. The molecule has 0 aromatic carbocycles. The first-order valence-electron chi connectivity index (χ1n) is 4.90. The molecule has 1 rings (SSSR count). The average Bonchev–Trinajstić information content (AvgIpc) is 2.18. The number of ether oxygens (including phenoxy) is 1. The number of hydrogen-bond acceptors (Lipinski definition) is 2. The highest BCUT2D eigenvalue weighted by Gasteiger charge is 2.20. The number of alkyl halides is 1. The second-order valence-corrected chi connectivity index (χ2v) is 4.40. The SMILES string of the molecule is CCOC(=O)C(Br)C[n+]1cccc(C)c1.[Br-]. The minimum Gasteiger partial charge on any atom is -1.00 e. The van der Waals surface area contributed by atoms with E-state index in [0.29, 0.717) is 13.2 Å². The summed E-state index contributed by atoms with van der Waals surface area (Å²) in [6, 6.07) is 3.98. The highest BCUT2D eigenvalue weighted by atomic mass is 79.9. The number of carbonyl (C=O) groups excluding carboxylic acids is 1. The van der Waals surface area contributed by atoms with Gasteiger partial charge < -0.3 is 21.7 Å². The lowest BCUT2D eigenvalue weighted by atomic mass is 10.3. The molecule has 0 aliphatic heterocycles. The monoisotopic (exact) mass is 351 g/mol. The molecule has 0 bridgehead atoms. The van der Waals surface area contributed by atoms with Crippen LogP contribution in [0.2, 0.25) is 0 Å². The molecule has 0 fully saturated rings. The van der Waals surface area contributed by atoms with Crippen molar-refractivity contribution in [1.29, 1.82) is 0 Å². The number of rotatable bonds is 4. The molecule has 0 amide bonds. The molecule has 1 atom stereocenters. The zero-order valence-corrected chi connectivity index (χ0v) is 12.5. The normalized spacial score (nSPS) is 11.4. The maximum Gasteiger partial charge on any atom is 0.326 e.